The predicted molar refractivity (Wildman–Crippen MR) is 120 cm³/mol. The minimum atomic E-state index is -1.44. The zero-order valence-electron chi connectivity index (χ0n) is 19.2. The normalized spacial score (nSPS) is 23.5. The Balaban J connectivity index is 1.56. The van der Waals surface area contributed by atoms with Gasteiger partial charge in [-0.15, -0.1) is 0 Å². The van der Waals surface area contributed by atoms with Gasteiger partial charge in [0.2, 0.25) is 5.82 Å². The number of fused-ring (bicyclic) bond motifs is 1. The van der Waals surface area contributed by atoms with E-state index in [-0.39, 0.29) is 41.9 Å². The highest BCUT2D eigenvalue weighted by molar-refractivity contribution is 5.83. The van der Waals surface area contributed by atoms with Gasteiger partial charge in [-0.25, -0.2) is 19.7 Å². The SMILES string of the molecule is COCCN(CC#Cc1nc(N)c2ncn(C3OC(C(=O)NC4CC4)C(O)C3O)c2n1)C(=O)OC. The number of methoxy groups -OCH3 is 2. The molecule has 2 aromatic heterocycles. The Morgan fingerprint density at radius 1 is 1.31 bits per heavy atom. The number of ether oxygens (including phenoxy) is 3. The van der Waals surface area contributed by atoms with Crippen molar-refractivity contribution in [3.05, 3.63) is 12.2 Å². The number of rotatable bonds is 7. The van der Waals surface area contributed by atoms with Crippen LogP contribution >= 0.6 is 0 Å². The van der Waals surface area contributed by atoms with Crippen LogP contribution in [0.25, 0.3) is 11.2 Å². The number of hydrogen-bond donors (Lipinski definition) is 4. The summed E-state index contributed by atoms with van der Waals surface area (Å²) in [5.74, 6) is 5.14. The Labute approximate surface area is 200 Å². The molecule has 2 fully saturated rings. The maximum atomic E-state index is 12.4. The van der Waals surface area contributed by atoms with Crippen molar-refractivity contribution in [2.24, 2.45) is 0 Å². The predicted octanol–water partition coefficient (Wildman–Crippen LogP) is -1.63. The molecular weight excluding hydrogens is 462 g/mol. The Morgan fingerprint density at radius 2 is 2.09 bits per heavy atom. The minimum Gasteiger partial charge on any atom is -0.453 e. The van der Waals surface area contributed by atoms with E-state index in [0.717, 1.165) is 12.8 Å². The fourth-order valence-electron chi connectivity index (χ4n) is 3.58. The Bertz CT molecular complexity index is 1160. The summed E-state index contributed by atoms with van der Waals surface area (Å²) in [6.07, 6.45) is -2.72. The Kier molecular flexibility index (Phi) is 7.31. The molecule has 1 saturated carbocycles. The van der Waals surface area contributed by atoms with Crippen molar-refractivity contribution < 1.29 is 34.0 Å². The van der Waals surface area contributed by atoms with Gasteiger partial charge in [-0.3, -0.25) is 14.3 Å². The molecule has 2 aliphatic rings. The number of carbonyl (C=O) groups is 2. The molecule has 14 nitrogen and oxygen atoms in total. The average Bonchev–Trinajstić information content (AvgIpc) is 3.48. The molecule has 2 aromatic rings. The van der Waals surface area contributed by atoms with Crippen LogP contribution in [-0.2, 0) is 19.0 Å². The molecule has 4 atom stereocenters. The van der Waals surface area contributed by atoms with E-state index < -0.39 is 36.5 Å². The number of imidazole rings is 1. The van der Waals surface area contributed by atoms with Crippen LogP contribution in [0.2, 0.25) is 0 Å². The lowest BCUT2D eigenvalue weighted by Gasteiger charge is -2.17. The monoisotopic (exact) mass is 489 g/mol. The summed E-state index contributed by atoms with van der Waals surface area (Å²) in [5, 5.41) is 23.7. The summed E-state index contributed by atoms with van der Waals surface area (Å²) in [7, 11) is 2.78. The molecule has 0 aromatic carbocycles. The molecule has 3 heterocycles. The van der Waals surface area contributed by atoms with Gasteiger partial charge in [0, 0.05) is 19.7 Å². The Morgan fingerprint density at radius 3 is 2.77 bits per heavy atom. The molecule has 188 valence electrons. The Hall–Kier alpha value is -3.51. The number of nitrogens with one attached hydrogen (secondary N) is 1. The lowest BCUT2D eigenvalue weighted by molar-refractivity contribution is -0.137. The first kappa shape index (κ1) is 24.6. The number of nitrogens with zero attached hydrogens (tertiary/aromatic N) is 5. The van der Waals surface area contributed by atoms with Crippen LogP contribution in [0.4, 0.5) is 10.6 Å². The maximum absolute atomic E-state index is 12.4. The van der Waals surface area contributed by atoms with Gasteiger partial charge in [0.05, 0.1) is 26.6 Å². The van der Waals surface area contributed by atoms with E-state index in [9.17, 15) is 19.8 Å². The molecule has 4 rings (SSSR count). The van der Waals surface area contributed by atoms with Crippen molar-refractivity contribution >= 4 is 29.0 Å². The quantitative estimate of drug-likeness (QED) is 0.327. The fourth-order valence-corrected chi connectivity index (χ4v) is 3.58. The van der Waals surface area contributed by atoms with Gasteiger partial charge < -0.3 is 35.5 Å². The fraction of sp³-hybridized carbons (Fsp3) is 0.571. The number of anilines is 1. The second-order valence-electron chi connectivity index (χ2n) is 8.15. The largest absolute Gasteiger partial charge is 0.453 e. The zero-order chi connectivity index (χ0) is 25.1. The maximum Gasteiger partial charge on any atom is 0.410 e. The van der Waals surface area contributed by atoms with Gasteiger partial charge in [0.15, 0.2) is 23.8 Å². The van der Waals surface area contributed by atoms with Crippen LogP contribution < -0.4 is 11.1 Å². The first-order valence-electron chi connectivity index (χ1n) is 11.0. The number of hydrogen-bond acceptors (Lipinski definition) is 11. The molecule has 1 saturated heterocycles. The van der Waals surface area contributed by atoms with Crippen LogP contribution in [0, 0.1) is 11.8 Å². The van der Waals surface area contributed by atoms with Crippen LogP contribution in [0.1, 0.15) is 24.9 Å². The topological polar surface area (TPSA) is 187 Å². The molecule has 4 unspecified atom stereocenters. The van der Waals surface area contributed by atoms with Crippen molar-refractivity contribution in [1.29, 1.82) is 0 Å². The number of amides is 2. The number of carbonyl (C=O) groups excluding carboxylic acids is 2. The molecule has 0 bridgehead atoms. The zero-order valence-corrected chi connectivity index (χ0v) is 19.2. The third-order valence-corrected chi connectivity index (χ3v) is 5.61. The van der Waals surface area contributed by atoms with Crippen molar-refractivity contribution in [2.75, 3.05) is 39.6 Å². The summed E-state index contributed by atoms with van der Waals surface area (Å²) >= 11 is 0. The molecular formula is C21H27N7O7. The lowest BCUT2D eigenvalue weighted by Crippen LogP contribution is -2.43. The highest BCUT2D eigenvalue weighted by atomic mass is 16.6. The smallest absolute Gasteiger partial charge is 0.410 e. The van der Waals surface area contributed by atoms with Gasteiger partial charge in [-0.1, -0.05) is 5.92 Å². The third-order valence-electron chi connectivity index (χ3n) is 5.61. The van der Waals surface area contributed by atoms with Gasteiger partial charge in [-0.2, -0.15) is 0 Å². The molecule has 14 heteroatoms. The molecule has 35 heavy (non-hydrogen) atoms. The van der Waals surface area contributed by atoms with Crippen molar-refractivity contribution in [3.8, 4) is 11.8 Å². The second kappa shape index (κ2) is 10.4. The van der Waals surface area contributed by atoms with Crippen molar-refractivity contribution in [1.82, 2.24) is 29.7 Å². The van der Waals surface area contributed by atoms with Crippen LogP contribution in [-0.4, -0.2) is 105 Å². The number of aliphatic hydroxyl groups is 2. The summed E-state index contributed by atoms with van der Waals surface area (Å²) in [4.78, 5) is 38.3. The first-order valence-corrected chi connectivity index (χ1v) is 11.0. The standard InChI is InChI=1S/C21H27N7O7/c1-33-9-8-27(21(32)34-2)7-3-4-12-25-17(22)13-18(26-12)28(10-23-13)20-15(30)14(29)16(35-20)19(31)24-11-5-6-11/h10-11,14-16,20,29-30H,5-9H2,1-2H3,(H,24,31)(H2,22,25,26). The highest BCUT2D eigenvalue weighted by Crippen LogP contribution is 2.33. The minimum absolute atomic E-state index is 0.0328. The summed E-state index contributed by atoms with van der Waals surface area (Å²) in [5.41, 5.74) is 6.46. The molecule has 1 aliphatic heterocycles. The number of aromatic nitrogens is 4. The number of nitrogens with two attached hydrogens (primary N) is 1. The van der Waals surface area contributed by atoms with Gasteiger partial charge in [0.1, 0.15) is 17.7 Å². The van der Waals surface area contributed by atoms with Crippen LogP contribution in [0.5, 0.6) is 0 Å². The number of aliphatic hydroxyl groups excluding tert-OH is 2. The van der Waals surface area contributed by atoms with Crippen molar-refractivity contribution in [3.63, 3.8) is 0 Å². The van der Waals surface area contributed by atoms with E-state index in [1.165, 1.54) is 30.0 Å². The third kappa shape index (κ3) is 5.28. The number of nitrogen functional groups attached to an aromatic ring is 1. The van der Waals surface area contributed by atoms with E-state index in [2.05, 4.69) is 32.1 Å². The second-order valence-corrected chi connectivity index (χ2v) is 8.15. The summed E-state index contributed by atoms with van der Waals surface area (Å²) < 4.78 is 16.8. The van der Waals surface area contributed by atoms with E-state index in [1.807, 2.05) is 0 Å². The first-order chi connectivity index (χ1) is 16.8. The summed E-state index contributed by atoms with van der Waals surface area (Å²) in [6, 6.07) is 0.0712. The van der Waals surface area contributed by atoms with E-state index in [1.54, 1.807) is 0 Å². The average molecular weight is 489 g/mol. The van der Waals surface area contributed by atoms with Gasteiger partial charge in [0.25, 0.3) is 5.91 Å². The van der Waals surface area contributed by atoms with Crippen molar-refractivity contribution in [2.45, 2.75) is 43.4 Å². The van der Waals surface area contributed by atoms with Gasteiger partial charge >= 0.3 is 6.09 Å². The molecule has 0 radical (unpaired) electrons. The van der Waals surface area contributed by atoms with E-state index >= 15 is 0 Å². The molecule has 5 N–H and O–H groups in total. The van der Waals surface area contributed by atoms with Crippen LogP contribution in [0.3, 0.4) is 0 Å². The van der Waals surface area contributed by atoms with Crippen LogP contribution in [0.15, 0.2) is 6.33 Å². The highest BCUT2D eigenvalue weighted by Gasteiger charge is 2.48. The summed E-state index contributed by atoms with van der Waals surface area (Å²) in [6.45, 7) is 0.618. The van der Waals surface area contributed by atoms with Gasteiger partial charge in [-0.05, 0) is 18.8 Å². The molecule has 1 aliphatic carbocycles. The lowest BCUT2D eigenvalue weighted by atomic mass is 10.1. The molecule has 0 spiro atoms. The van der Waals surface area contributed by atoms with E-state index in [0.29, 0.717) is 6.61 Å². The molecule has 2 amide bonds. The van der Waals surface area contributed by atoms with E-state index in [4.69, 9.17) is 19.9 Å².